The van der Waals surface area contributed by atoms with Crippen molar-refractivity contribution in [2.24, 2.45) is 5.10 Å². The van der Waals surface area contributed by atoms with E-state index in [0.29, 0.717) is 29.2 Å². The van der Waals surface area contributed by atoms with Gasteiger partial charge in [-0.15, -0.1) is 0 Å². The fourth-order valence-corrected chi connectivity index (χ4v) is 3.91. The predicted molar refractivity (Wildman–Crippen MR) is 143 cm³/mol. The molecule has 0 atom stereocenters. The van der Waals surface area contributed by atoms with Crippen molar-refractivity contribution in [3.05, 3.63) is 78.3 Å². The summed E-state index contributed by atoms with van der Waals surface area (Å²) >= 11 is 0. The van der Waals surface area contributed by atoms with E-state index < -0.39 is 5.97 Å². The summed E-state index contributed by atoms with van der Waals surface area (Å²) in [6.45, 7) is 1.79. The van der Waals surface area contributed by atoms with Gasteiger partial charge in [0.05, 0.1) is 19.6 Å². The average molecular weight is 514 g/mol. The highest BCUT2D eigenvalue weighted by Crippen LogP contribution is 2.28. The third kappa shape index (κ3) is 6.25. The minimum absolute atomic E-state index is 0.101. The molecular weight excluding hydrogens is 486 g/mol. The fraction of sp³-hybridized carbons (Fsp3) is 0.222. The zero-order valence-corrected chi connectivity index (χ0v) is 20.8. The van der Waals surface area contributed by atoms with Gasteiger partial charge in [-0.05, 0) is 67.3 Å². The van der Waals surface area contributed by atoms with Crippen LogP contribution in [0.2, 0.25) is 0 Å². The molecule has 0 aliphatic carbocycles. The molecule has 0 unspecified atom stereocenters. The Labute approximate surface area is 219 Å². The van der Waals surface area contributed by atoms with Crippen LogP contribution in [0.1, 0.15) is 35.4 Å². The van der Waals surface area contributed by atoms with Crippen LogP contribution in [0.4, 0.5) is 23.5 Å². The molecule has 194 valence electrons. The van der Waals surface area contributed by atoms with Crippen LogP contribution in [0.15, 0.2) is 76.4 Å². The molecule has 2 aromatic heterocycles. The topological polar surface area (TPSA) is 127 Å². The molecule has 5 rings (SSSR count). The molecule has 0 saturated carbocycles. The number of rotatable bonds is 9. The van der Waals surface area contributed by atoms with Crippen molar-refractivity contribution in [1.82, 2.24) is 15.0 Å². The number of piperidine rings is 1. The van der Waals surface area contributed by atoms with Crippen molar-refractivity contribution in [3.63, 3.8) is 0 Å². The van der Waals surface area contributed by atoms with E-state index in [1.165, 1.54) is 25.9 Å². The number of benzene rings is 2. The number of hydrogen-bond donors (Lipinski definition) is 2. The Hall–Kier alpha value is -4.93. The average Bonchev–Trinajstić information content (AvgIpc) is 3.50. The number of methoxy groups -OCH3 is 1. The molecule has 38 heavy (non-hydrogen) atoms. The lowest BCUT2D eigenvalue weighted by Crippen LogP contribution is -2.31. The molecule has 0 amide bonds. The number of para-hydroxylation sites is 1. The molecule has 1 saturated heterocycles. The van der Waals surface area contributed by atoms with Gasteiger partial charge in [0.2, 0.25) is 23.6 Å². The molecule has 0 radical (unpaired) electrons. The molecule has 1 aliphatic rings. The maximum Gasteiger partial charge on any atom is 0.379 e. The Kier molecular flexibility index (Phi) is 7.73. The summed E-state index contributed by atoms with van der Waals surface area (Å²) in [5.41, 5.74) is 4.48. The van der Waals surface area contributed by atoms with Crippen LogP contribution in [0, 0.1) is 0 Å². The number of furan rings is 1. The van der Waals surface area contributed by atoms with E-state index in [-0.39, 0.29) is 11.5 Å². The minimum atomic E-state index is -0.615. The first-order valence-electron chi connectivity index (χ1n) is 12.2. The lowest BCUT2D eigenvalue weighted by atomic mass is 10.1. The number of aromatic nitrogens is 3. The number of ether oxygens (including phenoxy) is 2. The molecule has 1 fully saturated rings. The number of nitrogens with one attached hydrogen (secondary N) is 2. The molecule has 11 heteroatoms. The Morgan fingerprint density at radius 1 is 0.974 bits per heavy atom. The summed E-state index contributed by atoms with van der Waals surface area (Å²) in [4.78, 5) is 28.1. The minimum Gasteiger partial charge on any atom is -0.493 e. The van der Waals surface area contributed by atoms with Crippen LogP contribution in [-0.4, -0.2) is 47.3 Å². The Morgan fingerprint density at radius 3 is 2.55 bits per heavy atom. The first kappa shape index (κ1) is 24.8. The first-order valence-corrected chi connectivity index (χ1v) is 12.2. The van der Waals surface area contributed by atoms with Crippen LogP contribution in [0.5, 0.6) is 11.5 Å². The van der Waals surface area contributed by atoms with Gasteiger partial charge in [-0.1, -0.05) is 18.2 Å². The number of carbonyl (C=O) groups is 1. The van der Waals surface area contributed by atoms with Crippen molar-refractivity contribution in [2.45, 2.75) is 19.3 Å². The van der Waals surface area contributed by atoms with Gasteiger partial charge in [-0.2, -0.15) is 20.1 Å². The van der Waals surface area contributed by atoms with Crippen molar-refractivity contribution in [2.75, 3.05) is 35.8 Å². The third-order valence-electron chi connectivity index (χ3n) is 5.78. The molecular formula is C27H27N7O4. The van der Waals surface area contributed by atoms with Crippen LogP contribution in [0.3, 0.4) is 0 Å². The molecule has 11 nitrogen and oxygen atoms in total. The van der Waals surface area contributed by atoms with E-state index in [1.54, 1.807) is 30.5 Å². The number of nitrogens with zero attached hydrogens (tertiary/aromatic N) is 5. The first-order chi connectivity index (χ1) is 18.7. The Bertz CT molecular complexity index is 1390. The highest BCUT2D eigenvalue weighted by molar-refractivity contribution is 5.89. The number of carbonyl (C=O) groups excluding carboxylic acids is 1. The molecule has 0 spiro atoms. The summed E-state index contributed by atoms with van der Waals surface area (Å²) in [6, 6.07) is 17.9. The molecule has 0 bridgehead atoms. The standard InChI is InChI=1S/C27H27N7O4/c1-36-23-17-19(12-13-21(23)38-24(35)22-11-8-16-37-22)18-28-33-26-30-25(29-20-9-4-2-5-10-20)31-27(32-26)34-14-6-3-7-15-34/h2,4-5,8-13,16-18H,3,6-7,14-15H2,1H3,(H2,29,30,31,32,33)/b28-18-. The second-order valence-electron chi connectivity index (χ2n) is 8.47. The van der Waals surface area contributed by atoms with Gasteiger partial charge in [0.15, 0.2) is 11.5 Å². The van der Waals surface area contributed by atoms with E-state index in [9.17, 15) is 4.79 Å². The summed E-state index contributed by atoms with van der Waals surface area (Å²) in [6.07, 6.45) is 6.40. The van der Waals surface area contributed by atoms with Gasteiger partial charge >= 0.3 is 5.97 Å². The van der Waals surface area contributed by atoms with Crippen molar-refractivity contribution in [1.29, 1.82) is 0 Å². The SMILES string of the molecule is COc1cc(/C=N\Nc2nc(Nc3ccccc3)nc(N3CCCCC3)n2)ccc1OC(=O)c1ccco1. The predicted octanol–water partition coefficient (Wildman–Crippen LogP) is 4.87. The van der Waals surface area contributed by atoms with Crippen LogP contribution >= 0.6 is 0 Å². The Morgan fingerprint density at radius 2 is 1.79 bits per heavy atom. The summed E-state index contributed by atoms with van der Waals surface area (Å²) in [7, 11) is 1.49. The van der Waals surface area contributed by atoms with Crippen LogP contribution in [0.25, 0.3) is 0 Å². The van der Waals surface area contributed by atoms with Crippen molar-refractivity contribution < 1.29 is 18.7 Å². The summed E-state index contributed by atoms with van der Waals surface area (Å²) < 4.78 is 15.9. The highest BCUT2D eigenvalue weighted by Gasteiger charge is 2.17. The highest BCUT2D eigenvalue weighted by atomic mass is 16.6. The lowest BCUT2D eigenvalue weighted by molar-refractivity contribution is 0.0696. The number of esters is 1. The van der Waals surface area contributed by atoms with Gasteiger partial charge in [0.1, 0.15) is 0 Å². The van der Waals surface area contributed by atoms with Gasteiger partial charge in [0.25, 0.3) is 0 Å². The van der Waals surface area contributed by atoms with Gasteiger partial charge in [0, 0.05) is 18.8 Å². The zero-order chi connectivity index (χ0) is 26.2. The largest absolute Gasteiger partial charge is 0.493 e. The molecule has 1 aliphatic heterocycles. The van der Waals surface area contributed by atoms with Crippen LogP contribution in [-0.2, 0) is 0 Å². The van der Waals surface area contributed by atoms with E-state index in [0.717, 1.165) is 31.6 Å². The number of hydrazone groups is 1. The third-order valence-corrected chi connectivity index (χ3v) is 5.78. The smallest absolute Gasteiger partial charge is 0.379 e. The second kappa shape index (κ2) is 11.9. The maximum atomic E-state index is 12.2. The van der Waals surface area contributed by atoms with Crippen LogP contribution < -0.4 is 25.1 Å². The summed E-state index contributed by atoms with van der Waals surface area (Å²) in [5.74, 6) is 1.45. The van der Waals surface area contributed by atoms with Gasteiger partial charge in [-0.25, -0.2) is 10.2 Å². The molecule has 3 heterocycles. The maximum absolute atomic E-state index is 12.2. The second-order valence-corrected chi connectivity index (χ2v) is 8.47. The van der Waals surface area contributed by atoms with E-state index >= 15 is 0 Å². The Balaban J connectivity index is 1.31. The lowest BCUT2D eigenvalue weighted by Gasteiger charge is -2.26. The summed E-state index contributed by atoms with van der Waals surface area (Å²) in [5, 5.41) is 7.53. The van der Waals surface area contributed by atoms with Crippen molar-refractivity contribution >= 4 is 35.7 Å². The van der Waals surface area contributed by atoms with Crippen molar-refractivity contribution in [3.8, 4) is 11.5 Å². The molecule has 4 aromatic rings. The monoisotopic (exact) mass is 513 g/mol. The van der Waals surface area contributed by atoms with E-state index in [4.69, 9.17) is 13.9 Å². The fourth-order valence-electron chi connectivity index (χ4n) is 3.91. The number of anilines is 4. The number of hydrogen-bond acceptors (Lipinski definition) is 11. The van der Waals surface area contributed by atoms with E-state index in [1.807, 2.05) is 30.3 Å². The molecule has 2 aromatic carbocycles. The quantitative estimate of drug-likeness (QED) is 0.138. The molecule has 2 N–H and O–H groups in total. The zero-order valence-electron chi connectivity index (χ0n) is 20.8. The normalized spacial score (nSPS) is 13.3. The van der Waals surface area contributed by atoms with Gasteiger partial charge in [-0.3, -0.25) is 0 Å². The van der Waals surface area contributed by atoms with Gasteiger partial charge < -0.3 is 24.1 Å². The van der Waals surface area contributed by atoms with E-state index in [2.05, 4.69) is 35.7 Å².